The van der Waals surface area contributed by atoms with Crippen LogP contribution in [0.15, 0.2) is 84.9 Å². The Morgan fingerprint density at radius 1 is 0.842 bits per heavy atom. The molecule has 0 bridgehead atoms. The first-order valence-corrected chi connectivity index (χ1v) is 13.6. The lowest BCUT2D eigenvalue weighted by atomic mass is 9.62. The van der Waals surface area contributed by atoms with E-state index in [-0.39, 0.29) is 29.7 Å². The molecule has 3 aromatic rings. The summed E-state index contributed by atoms with van der Waals surface area (Å²) in [7, 11) is 0. The molecule has 38 heavy (non-hydrogen) atoms. The van der Waals surface area contributed by atoms with Crippen LogP contribution in [-0.4, -0.2) is 48.3 Å². The molecule has 2 unspecified atom stereocenters. The quantitative estimate of drug-likeness (QED) is 0.517. The second-order valence-electron chi connectivity index (χ2n) is 10.2. The van der Waals surface area contributed by atoms with Crippen LogP contribution in [0.5, 0.6) is 0 Å². The first-order valence-electron chi connectivity index (χ1n) is 13.6. The molecule has 6 heteroatoms. The zero-order chi connectivity index (χ0) is 26.5. The van der Waals surface area contributed by atoms with Gasteiger partial charge in [-0.05, 0) is 61.4 Å². The molecule has 1 heterocycles. The molecule has 1 aliphatic heterocycles. The highest BCUT2D eigenvalue weighted by molar-refractivity contribution is 5.95. The number of rotatable bonds is 6. The number of amides is 3. The van der Waals surface area contributed by atoms with E-state index in [1.54, 1.807) is 0 Å². The molecule has 5 rings (SSSR count). The molecular weight excluding hydrogens is 474 g/mol. The summed E-state index contributed by atoms with van der Waals surface area (Å²) in [5.41, 5.74) is 2.66. The number of hydrogen-bond acceptors (Lipinski definition) is 3. The van der Waals surface area contributed by atoms with Crippen LogP contribution in [0.25, 0.3) is 0 Å². The molecule has 3 aromatic carbocycles. The Morgan fingerprint density at radius 2 is 1.47 bits per heavy atom. The van der Waals surface area contributed by atoms with E-state index in [9.17, 15) is 14.4 Å². The van der Waals surface area contributed by atoms with Crippen LogP contribution in [0.3, 0.4) is 0 Å². The van der Waals surface area contributed by atoms with Crippen molar-refractivity contribution in [2.75, 3.05) is 19.6 Å². The summed E-state index contributed by atoms with van der Waals surface area (Å²) >= 11 is 0. The molecular formula is C32H35N3O3. The van der Waals surface area contributed by atoms with Gasteiger partial charge >= 0.3 is 0 Å². The number of piperidine rings is 1. The molecule has 1 aliphatic carbocycles. The average Bonchev–Trinajstić information content (AvgIpc) is 2.97. The third kappa shape index (κ3) is 4.83. The molecule has 0 spiro atoms. The van der Waals surface area contributed by atoms with E-state index >= 15 is 0 Å². The van der Waals surface area contributed by atoms with Gasteiger partial charge in [0.25, 0.3) is 5.91 Å². The van der Waals surface area contributed by atoms with Crippen LogP contribution in [-0.2, 0) is 15.0 Å². The normalized spacial score (nSPS) is 21.3. The van der Waals surface area contributed by atoms with Gasteiger partial charge in [-0.25, -0.2) is 0 Å². The monoisotopic (exact) mass is 509 g/mol. The SMILES string of the molecule is CCNC(=O)C1(c2ccccc2)CCC(C(=O)N2CCC(NC(=O)c3ccccc3)CC2)c2ccccc21. The number of nitrogens with one attached hydrogen (secondary N) is 2. The maximum absolute atomic E-state index is 13.8. The van der Waals surface area contributed by atoms with Gasteiger partial charge < -0.3 is 15.5 Å². The minimum Gasteiger partial charge on any atom is -0.355 e. The van der Waals surface area contributed by atoms with E-state index in [2.05, 4.69) is 10.6 Å². The molecule has 2 atom stereocenters. The molecule has 0 radical (unpaired) electrons. The van der Waals surface area contributed by atoms with Crippen molar-refractivity contribution in [3.63, 3.8) is 0 Å². The van der Waals surface area contributed by atoms with Crippen LogP contribution < -0.4 is 10.6 Å². The Kier molecular flexibility index (Phi) is 7.59. The molecule has 2 N–H and O–H groups in total. The van der Waals surface area contributed by atoms with Crippen LogP contribution >= 0.6 is 0 Å². The predicted molar refractivity (Wildman–Crippen MR) is 148 cm³/mol. The molecule has 1 fully saturated rings. The fourth-order valence-electron chi connectivity index (χ4n) is 6.12. The predicted octanol–water partition coefficient (Wildman–Crippen LogP) is 4.41. The van der Waals surface area contributed by atoms with Gasteiger partial charge in [-0.15, -0.1) is 0 Å². The van der Waals surface area contributed by atoms with Gasteiger partial charge in [0.1, 0.15) is 0 Å². The Morgan fingerprint density at radius 3 is 2.16 bits per heavy atom. The number of likely N-dealkylation sites (N-methyl/N-ethyl adjacent to an activating group) is 1. The molecule has 0 saturated carbocycles. The molecule has 1 saturated heterocycles. The van der Waals surface area contributed by atoms with E-state index in [0.29, 0.717) is 38.0 Å². The highest BCUT2D eigenvalue weighted by atomic mass is 16.2. The molecule has 0 aromatic heterocycles. The first-order chi connectivity index (χ1) is 18.5. The Bertz CT molecular complexity index is 1290. The highest BCUT2D eigenvalue weighted by Gasteiger charge is 2.48. The minimum atomic E-state index is -0.820. The smallest absolute Gasteiger partial charge is 0.251 e. The fraction of sp³-hybridized carbons (Fsp3) is 0.344. The summed E-state index contributed by atoms with van der Waals surface area (Å²) in [6, 6.07) is 27.2. The number of hydrogen-bond donors (Lipinski definition) is 2. The third-order valence-electron chi connectivity index (χ3n) is 8.07. The fourth-order valence-corrected chi connectivity index (χ4v) is 6.12. The zero-order valence-corrected chi connectivity index (χ0v) is 21.9. The van der Waals surface area contributed by atoms with E-state index in [0.717, 1.165) is 29.5 Å². The second kappa shape index (κ2) is 11.2. The van der Waals surface area contributed by atoms with E-state index in [1.165, 1.54) is 0 Å². The van der Waals surface area contributed by atoms with Crippen molar-refractivity contribution in [1.82, 2.24) is 15.5 Å². The molecule has 3 amide bonds. The van der Waals surface area contributed by atoms with Gasteiger partial charge in [0.15, 0.2) is 0 Å². The Balaban J connectivity index is 1.34. The maximum Gasteiger partial charge on any atom is 0.251 e. The lowest BCUT2D eigenvalue weighted by Gasteiger charge is -2.42. The van der Waals surface area contributed by atoms with Crippen molar-refractivity contribution in [3.05, 3.63) is 107 Å². The van der Waals surface area contributed by atoms with E-state index in [1.807, 2.05) is 96.8 Å². The summed E-state index contributed by atoms with van der Waals surface area (Å²) in [6.07, 6.45) is 2.63. The minimum absolute atomic E-state index is 0.0143. The number of carbonyl (C=O) groups is 3. The van der Waals surface area contributed by atoms with Crippen LogP contribution in [0, 0.1) is 0 Å². The second-order valence-corrected chi connectivity index (χ2v) is 10.2. The average molecular weight is 510 g/mol. The third-order valence-corrected chi connectivity index (χ3v) is 8.07. The maximum atomic E-state index is 13.8. The summed E-state index contributed by atoms with van der Waals surface area (Å²) in [5.74, 6) is -0.255. The van der Waals surface area contributed by atoms with Crippen molar-refractivity contribution in [3.8, 4) is 0 Å². The van der Waals surface area contributed by atoms with Gasteiger partial charge in [0.2, 0.25) is 11.8 Å². The largest absolute Gasteiger partial charge is 0.355 e. The van der Waals surface area contributed by atoms with E-state index < -0.39 is 5.41 Å². The summed E-state index contributed by atoms with van der Waals surface area (Å²) in [4.78, 5) is 42.0. The lowest BCUT2D eigenvalue weighted by Crippen LogP contribution is -2.51. The Labute approximate surface area is 224 Å². The number of nitrogens with zero attached hydrogens (tertiary/aromatic N) is 1. The number of likely N-dealkylation sites (tertiary alicyclic amines) is 1. The van der Waals surface area contributed by atoms with Crippen LogP contribution in [0.4, 0.5) is 0 Å². The first kappa shape index (κ1) is 25.7. The van der Waals surface area contributed by atoms with Gasteiger partial charge in [-0.2, -0.15) is 0 Å². The topological polar surface area (TPSA) is 78.5 Å². The van der Waals surface area contributed by atoms with Crippen molar-refractivity contribution in [2.24, 2.45) is 0 Å². The lowest BCUT2D eigenvalue weighted by molar-refractivity contribution is -0.135. The molecule has 6 nitrogen and oxygen atoms in total. The summed E-state index contributed by atoms with van der Waals surface area (Å²) in [5, 5.41) is 6.19. The van der Waals surface area contributed by atoms with Crippen molar-refractivity contribution >= 4 is 17.7 Å². The van der Waals surface area contributed by atoms with Crippen LogP contribution in [0.2, 0.25) is 0 Å². The van der Waals surface area contributed by atoms with Gasteiger partial charge in [-0.3, -0.25) is 14.4 Å². The van der Waals surface area contributed by atoms with Crippen molar-refractivity contribution in [1.29, 1.82) is 0 Å². The van der Waals surface area contributed by atoms with E-state index in [4.69, 9.17) is 0 Å². The van der Waals surface area contributed by atoms with Crippen molar-refractivity contribution < 1.29 is 14.4 Å². The number of benzene rings is 3. The van der Waals surface area contributed by atoms with Gasteiger partial charge in [0, 0.05) is 31.2 Å². The van der Waals surface area contributed by atoms with Gasteiger partial charge in [-0.1, -0.05) is 72.8 Å². The van der Waals surface area contributed by atoms with Gasteiger partial charge in [0.05, 0.1) is 11.3 Å². The highest BCUT2D eigenvalue weighted by Crippen LogP contribution is 2.47. The number of carbonyl (C=O) groups excluding carboxylic acids is 3. The zero-order valence-electron chi connectivity index (χ0n) is 21.9. The number of fused-ring (bicyclic) bond motifs is 1. The standard InChI is InChI=1S/C32H35N3O3/c1-2-33-31(38)32(24-13-7-4-8-14-24)20-17-27(26-15-9-10-16-28(26)32)30(37)35-21-18-25(19-22-35)34-29(36)23-11-5-3-6-12-23/h3-16,25,27H,2,17-22H2,1H3,(H,33,38)(H,34,36). The van der Waals surface area contributed by atoms with Crippen LogP contribution in [0.1, 0.15) is 65.6 Å². The Hall–Kier alpha value is -3.93. The summed E-state index contributed by atoms with van der Waals surface area (Å²) in [6.45, 7) is 3.70. The van der Waals surface area contributed by atoms with Crippen molar-refractivity contribution in [2.45, 2.75) is 50.0 Å². The summed E-state index contributed by atoms with van der Waals surface area (Å²) < 4.78 is 0. The molecule has 2 aliphatic rings. The molecule has 196 valence electrons.